The number of H-pyrrole nitrogens is 1. The Hall–Kier alpha value is -2.48. The van der Waals surface area contributed by atoms with Crippen molar-refractivity contribution >= 4 is 21.7 Å². The summed E-state index contributed by atoms with van der Waals surface area (Å²) in [6, 6.07) is 5.97. The predicted molar refractivity (Wildman–Crippen MR) is 80.9 cm³/mol. The lowest BCUT2D eigenvalue weighted by atomic mass is 10.2. The number of benzene rings is 1. The second-order valence-corrected chi connectivity index (χ2v) is 6.26. The number of hydrogen-bond acceptors (Lipinski definition) is 4. The van der Waals surface area contributed by atoms with Crippen molar-refractivity contribution < 1.29 is 23.1 Å². The minimum atomic E-state index is -3.85. The third kappa shape index (κ3) is 3.40. The van der Waals surface area contributed by atoms with Gasteiger partial charge in [-0.2, -0.15) is 0 Å². The van der Waals surface area contributed by atoms with Crippen molar-refractivity contribution in [2.24, 2.45) is 0 Å². The van der Waals surface area contributed by atoms with Crippen molar-refractivity contribution in [3.05, 3.63) is 41.7 Å². The van der Waals surface area contributed by atoms with Crippen LogP contribution in [-0.2, 0) is 10.0 Å². The van der Waals surface area contributed by atoms with Crippen molar-refractivity contribution in [2.75, 3.05) is 11.3 Å². The molecule has 0 saturated heterocycles. The molecule has 22 heavy (non-hydrogen) atoms. The number of hydrogen-bond donors (Lipinski definition) is 3. The fourth-order valence-electron chi connectivity index (χ4n) is 1.90. The Balaban J connectivity index is 2.24. The Bertz CT molecular complexity index is 795. The van der Waals surface area contributed by atoms with Crippen molar-refractivity contribution in [3.8, 4) is 5.75 Å². The van der Waals surface area contributed by atoms with Crippen LogP contribution in [0, 0.1) is 6.92 Å². The van der Waals surface area contributed by atoms with Gasteiger partial charge in [0, 0.05) is 11.9 Å². The fraction of sp³-hybridized carbons (Fsp3) is 0.214. The maximum atomic E-state index is 12.2. The number of carboxylic acid groups (broad SMARTS) is 1. The van der Waals surface area contributed by atoms with Crippen LogP contribution in [0.5, 0.6) is 5.75 Å². The molecule has 0 radical (unpaired) electrons. The van der Waals surface area contributed by atoms with E-state index in [2.05, 4.69) is 9.71 Å². The molecule has 1 aromatic carbocycles. The van der Waals surface area contributed by atoms with Gasteiger partial charge < -0.3 is 14.8 Å². The van der Waals surface area contributed by atoms with Gasteiger partial charge in [0.15, 0.2) is 0 Å². The number of nitrogens with one attached hydrogen (secondary N) is 2. The Morgan fingerprint density at radius 2 is 2.09 bits per heavy atom. The van der Waals surface area contributed by atoms with E-state index in [4.69, 9.17) is 9.84 Å². The zero-order chi connectivity index (χ0) is 16.3. The first-order chi connectivity index (χ1) is 10.3. The molecule has 118 valence electrons. The van der Waals surface area contributed by atoms with Gasteiger partial charge in [-0.25, -0.2) is 13.2 Å². The number of aromatic nitrogens is 1. The van der Waals surface area contributed by atoms with E-state index in [1.54, 1.807) is 18.2 Å². The number of sulfonamides is 1. The molecule has 2 rings (SSSR count). The van der Waals surface area contributed by atoms with E-state index in [0.717, 1.165) is 17.8 Å². The summed E-state index contributed by atoms with van der Waals surface area (Å²) in [5.74, 6) is -0.543. The van der Waals surface area contributed by atoms with E-state index < -0.39 is 16.0 Å². The number of carboxylic acids is 1. The van der Waals surface area contributed by atoms with Crippen molar-refractivity contribution in [1.29, 1.82) is 0 Å². The van der Waals surface area contributed by atoms with Crippen LogP contribution >= 0.6 is 0 Å². The molecule has 1 aromatic heterocycles. The summed E-state index contributed by atoms with van der Waals surface area (Å²) in [6.45, 7) is 4.19. The van der Waals surface area contributed by atoms with E-state index in [1.807, 2.05) is 13.8 Å². The van der Waals surface area contributed by atoms with Crippen LogP contribution in [0.15, 0.2) is 35.4 Å². The molecule has 0 bridgehead atoms. The first-order valence-electron chi connectivity index (χ1n) is 6.51. The standard InChI is InChI=1S/C14H16N2O5S/c1-3-21-13-5-4-10(6-9(13)2)16-22(19,20)11-7-12(14(17)18)15-8-11/h4-8,15-16H,3H2,1-2H3,(H,17,18). The van der Waals surface area contributed by atoms with Crippen LogP contribution in [0.3, 0.4) is 0 Å². The zero-order valence-corrected chi connectivity index (χ0v) is 12.9. The quantitative estimate of drug-likeness (QED) is 0.755. The van der Waals surface area contributed by atoms with E-state index in [0.29, 0.717) is 18.0 Å². The summed E-state index contributed by atoms with van der Waals surface area (Å²) >= 11 is 0. The van der Waals surface area contributed by atoms with Gasteiger partial charge in [0.25, 0.3) is 10.0 Å². The minimum Gasteiger partial charge on any atom is -0.494 e. The molecule has 0 atom stereocenters. The molecule has 7 nitrogen and oxygen atoms in total. The zero-order valence-electron chi connectivity index (χ0n) is 12.1. The number of ether oxygens (including phenoxy) is 1. The number of anilines is 1. The lowest BCUT2D eigenvalue weighted by Gasteiger charge is -2.10. The Labute approximate surface area is 128 Å². The van der Waals surface area contributed by atoms with Crippen LogP contribution in [0.2, 0.25) is 0 Å². The molecule has 0 amide bonds. The normalized spacial score (nSPS) is 11.2. The van der Waals surface area contributed by atoms with Crippen LogP contribution in [0.25, 0.3) is 0 Å². The summed E-state index contributed by atoms with van der Waals surface area (Å²) in [4.78, 5) is 13.0. The summed E-state index contributed by atoms with van der Waals surface area (Å²) in [7, 11) is -3.85. The summed E-state index contributed by atoms with van der Waals surface area (Å²) < 4.78 is 32.2. The van der Waals surface area contributed by atoms with Crippen LogP contribution in [-0.4, -0.2) is 31.1 Å². The summed E-state index contributed by atoms with van der Waals surface area (Å²) in [5.41, 5.74) is 0.977. The van der Waals surface area contributed by atoms with E-state index >= 15 is 0 Å². The molecule has 8 heteroatoms. The maximum absolute atomic E-state index is 12.2. The largest absolute Gasteiger partial charge is 0.494 e. The highest BCUT2D eigenvalue weighted by Crippen LogP contribution is 2.24. The van der Waals surface area contributed by atoms with Crippen molar-refractivity contribution in [1.82, 2.24) is 4.98 Å². The molecule has 0 unspecified atom stereocenters. The minimum absolute atomic E-state index is 0.142. The van der Waals surface area contributed by atoms with Gasteiger partial charge in [-0.3, -0.25) is 4.72 Å². The third-order valence-electron chi connectivity index (χ3n) is 2.92. The van der Waals surface area contributed by atoms with Crippen molar-refractivity contribution in [3.63, 3.8) is 0 Å². The van der Waals surface area contributed by atoms with Gasteiger partial charge >= 0.3 is 5.97 Å². The Morgan fingerprint density at radius 1 is 1.36 bits per heavy atom. The van der Waals surface area contributed by atoms with Gasteiger partial charge in [0.1, 0.15) is 16.3 Å². The fourth-order valence-corrected chi connectivity index (χ4v) is 2.94. The lowest BCUT2D eigenvalue weighted by molar-refractivity contribution is 0.0691. The number of rotatable bonds is 6. The molecule has 0 saturated carbocycles. The highest BCUT2D eigenvalue weighted by molar-refractivity contribution is 7.92. The summed E-state index contributed by atoms with van der Waals surface area (Å²) in [5, 5.41) is 8.81. The van der Waals surface area contributed by atoms with E-state index in [9.17, 15) is 13.2 Å². The average molecular weight is 324 g/mol. The Kier molecular flexibility index (Phi) is 4.41. The number of aromatic carboxylic acids is 1. The first-order valence-corrected chi connectivity index (χ1v) is 8.00. The SMILES string of the molecule is CCOc1ccc(NS(=O)(=O)c2c[nH]c(C(=O)O)c2)cc1C. The monoisotopic (exact) mass is 324 g/mol. The molecule has 0 aliphatic rings. The van der Waals surface area contributed by atoms with Gasteiger partial charge in [-0.15, -0.1) is 0 Å². The van der Waals surface area contributed by atoms with Gasteiger partial charge in [-0.05, 0) is 43.7 Å². The molecular weight excluding hydrogens is 308 g/mol. The van der Waals surface area contributed by atoms with Crippen LogP contribution in [0.1, 0.15) is 23.0 Å². The molecule has 3 N–H and O–H groups in total. The molecular formula is C14H16N2O5S. The van der Waals surface area contributed by atoms with Gasteiger partial charge in [0.2, 0.25) is 0 Å². The molecule has 1 heterocycles. The highest BCUT2D eigenvalue weighted by atomic mass is 32.2. The highest BCUT2D eigenvalue weighted by Gasteiger charge is 2.18. The number of carbonyl (C=O) groups is 1. The molecule has 0 fully saturated rings. The molecule has 0 aliphatic carbocycles. The maximum Gasteiger partial charge on any atom is 0.352 e. The van der Waals surface area contributed by atoms with Crippen LogP contribution in [0.4, 0.5) is 5.69 Å². The molecule has 2 aromatic rings. The lowest BCUT2D eigenvalue weighted by Crippen LogP contribution is -2.12. The molecule has 0 spiro atoms. The molecule has 0 aliphatic heterocycles. The predicted octanol–water partition coefficient (Wildman–Crippen LogP) is 2.22. The van der Waals surface area contributed by atoms with E-state index in [1.165, 1.54) is 0 Å². The second-order valence-electron chi connectivity index (χ2n) is 4.57. The van der Waals surface area contributed by atoms with Gasteiger partial charge in [0.05, 0.1) is 6.61 Å². The van der Waals surface area contributed by atoms with E-state index in [-0.39, 0.29) is 10.6 Å². The topological polar surface area (TPSA) is 108 Å². The Morgan fingerprint density at radius 3 is 2.64 bits per heavy atom. The average Bonchev–Trinajstić information content (AvgIpc) is 2.92. The number of aromatic amines is 1. The van der Waals surface area contributed by atoms with Gasteiger partial charge in [-0.1, -0.05) is 0 Å². The first kappa shape index (κ1) is 15.9. The third-order valence-corrected chi connectivity index (χ3v) is 4.28. The number of aryl methyl sites for hydroxylation is 1. The second kappa shape index (κ2) is 6.10. The van der Waals surface area contributed by atoms with Crippen molar-refractivity contribution in [2.45, 2.75) is 18.7 Å². The smallest absolute Gasteiger partial charge is 0.352 e. The van der Waals surface area contributed by atoms with Crippen LogP contribution < -0.4 is 9.46 Å². The summed E-state index contributed by atoms with van der Waals surface area (Å²) in [6.07, 6.45) is 1.13.